The third-order valence-electron chi connectivity index (χ3n) is 5.93. The van der Waals surface area contributed by atoms with E-state index in [0.29, 0.717) is 4.90 Å². The number of nitrogens with one attached hydrogen (secondary N) is 1. The van der Waals surface area contributed by atoms with Crippen molar-refractivity contribution in [2.24, 2.45) is 5.41 Å². The first-order chi connectivity index (χ1) is 13.0. The molecule has 0 radical (unpaired) electrons. The summed E-state index contributed by atoms with van der Waals surface area (Å²) >= 11 is 0. The van der Waals surface area contributed by atoms with Crippen molar-refractivity contribution in [3.05, 3.63) is 71.4 Å². The summed E-state index contributed by atoms with van der Waals surface area (Å²) in [5, 5.41) is 9.29. The lowest BCUT2D eigenvalue weighted by molar-refractivity contribution is 0.282. The van der Waals surface area contributed by atoms with Crippen LogP contribution in [0, 0.1) is 5.41 Å². The molecule has 2 aromatic rings. The molecule has 2 aliphatic carbocycles. The quantitative estimate of drug-likeness (QED) is 0.812. The fraction of sp³-hybridized carbons (Fsp3) is 0.364. The Morgan fingerprint density at radius 3 is 2.22 bits per heavy atom. The van der Waals surface area contributed by atoms with Crippen molar-refractivity contribution in [3.63, 3.8) is 0 Å². The molecule has 5 heteroatoms. The predicted octanol–water partition coefficient (Wildman–Crippen LogP) is 4.22. The Kier molecular flexibility index (Phi) is 4.82. The van der Waals surface area contributed by atoms with E-state index in [-0.39, 0.29) is 12.0 Å². The van der Waals surface area contributed by atoms with Crippen LogP contribution in [0.2, 0.25) is 0 Å². The summed E-state index contributed by atoms with van der Waals surface area (Å²) in [7, 11) is -3.59. The van der Waals surface area contributed by atoms with Crippen LogP contribution >= 0.6 is 0 Å². The van der Waals surface area contributed by atoms with Crippen LogP contribution < -0.4 is 4.72 Å². The number of sulfonamides is 1. The number of aliphatic hydroxyl groups is 1. The van der Waals surface area contributed by atoms with Gasteiger partial charge in [0.2, 0.25) is 0 Å². The van der Waals surface area contributed by atoms with Crippen molar-refractivity contribution < 1.29 is 13.5 Å². The van der Waals surface area contributed by atoms with Gasteiger partial charge in [-0.1, -0.05) is 55.3 Å². The Morgan fingerprint density at radius 2 is 1.59 bits per heavy atom. The van der Waals surface area contributed by atoms with Gasteiger partial charge in [-0.25, -0.2) is 8.42 Å². The number of benzene rings is 2. The first-order valence-electron chi connectivity index (χ1n) is 9.51. The molecule has 4 nitrogen and oxygen atoms in total. The summed E-state index contributed by atoms with van der Waals surface area (Å²) < 4.78 is 28.7. The van der Waals surface area contributed by atoms with Crippen molar-refractivity contribution >= 4 is 15.6 Å². The molecule has 1 spiro atoms. The molecule has 0 bridgehead atoms. The van der Waals surface area contributed by atoms with Crippen LogP contribution in [0.4, 0.5) is 0 Å². The molecule has 2 aliphatic rings. The lowest BCUT2D eigenvalue weighted by Gasteiger charge is -2.23. The van der Waals surface area contributed by atoms with E-state index in [4.69, 9.17) is 0 Å². The molecule has 0 heterocycles. The molecule has 0 amide bonds. The molecule has 0 unspecified atom stereocenters. The predicted molar refractivity (Wildman–Crippen MR) is 106 cm³/mol. The van der Waals surface area contributed by atoms with E-state index in [1.165, 1.54) is 12.8 Å². The van der Waals surface area contributed by atoms with Gasteiger partial charge in [-0.2, -0.15) is 0 Å². The smallest absolute Gasteiger partial charge is 0.261 e. The maximum atomic E-state index is 12.9. The summed E-state index contributed by atoms with van der Waals surface area (Å²) in [6, 6.07) is 16.3. The average Bonchev–Trinajstić information content (AvgIpc) is 3.29. The molecule has 1 saturated carbocycles. The first-order valence-corrected chi connectivity index (χ1v) is 11.0. The highest BCUT2D eigenvalue weighted by atomic mass is 32.2. The molecule has 1 fully saturated rings. The minimum Gasteiger partial charge on any atom is -0.392 e. The SMILES string of the molecule is O=S(=O)(NC1=C(c2ccc(CO)cc2)CC2(CCCC2)C1)c1ccccc1. The van der Waals surface area contributed by atoms with Crippen LogP contribution in [-0.2, 0) is 16.6 Å². The van der Waals surface area contributed by atoms with Gasteiger partial charge in [-0.15, -0.1) is 0 Å². The van der Waals surface area contributed by atoms with Gasteiger partial charge >= 0.3 is 0 Å². The first kappa shape index (κ1) is 18.3. The minimum absolute atomic E-state index is 0.0107. The van der Waals surface area contributed by atoms with Crippen molar-refractivity contribution in [2.75, 3.05) is 0 Å². The molecule has 2 aromatic carbocycles. The Labute approximate surface area is 161 Å². The lowest BCUT2D eigenvalue weighted by Crippen LogP contribution is -2.24. The zero-order valence-electron chi connectivity index (χ0n) is 15.3. The van der Waals surface area contributed by atoms with Crippen molar-refractivity contribution in [1.82, 2.24) is 4.72 Å². The third kappa shape index (κ3) is 3.66. The Bertz CT molecular complexity index is 941. The molecule has 0 saturated heterocycles. The van der Waals surface area contributed by atoms with Gasteiger partial charge in [0.05, 0.1) is 11.5 Å². The van der Waals surface area contributed by atoms with E-state index in [2.05, 4.69) is 4.72 Å². The Hall–Kier alpha value is -2.11. The van der Waals surface area contributed by atoms with Crippen LogP contribution in [0.3, 0.4) is 0 Å². The molecule has 4 rings (SSSR count). The molecular formula is C22H25NO3S. The third-order valence-corrected chi connectivity index (χ3v) is 7.34. The molecule has 0 atom stereocenters. The molecule has 0 aromatic heterocycles. The molecule has 142 valence electrons. The second-order valence-electron chi connectivity index (χ2n) is 7.79. The fourth-order valence-electron chi connectivity index (χ4n) is 4.51. The highest BCUT2D eigenvalue weighted by molar-refractivity contribution is 7.89. The second kappa shape index (κ2) is 7.13. The summed E-state index contributed by atoms with van der Waals surface area (Å²) in [6.07, 6.45) is 6.45. The molecule has 27 heavy (non-hydrogen) atoms. The summed E-state index contributed by atoms with van der Waals surface area (Å²) in [5.41, 5.74) is 4.03. The molecule has 0 aliphatic heterocycles. The zero-order valence-corrected chi connectivity index (χ0v) is 16.1. The maximum Gasteiger partial charge on any atom is 0.261 e. The maximum absolute atomic E-state index is 12.9. The monoisotopic (exact) mass is 383 g/mol. The topological polar surface area (TPSA) is 66.4 Å². The van der Waals surface area contributed by atoms with Gasteiger partial charge in [0.15, 0.2) is 0 Å². The number of hydrogen-bond acceptors (Lipinski definition) is 3. The van der Waals surface area contributed by atoms with Crippen molar-refractivity contribution in [1.29, 1.82) is 0 Å². The van der Waals surface area contributed by atoms with Crippen molar-refractivity contribution in [3.8, 4) is 0 Å². The van der Waals surface area contributed by atoms with E-state index in [1.807, 2.05) is 30.3 Å². The van der Waals surface area contributed by atoms with Gasteiger partial charge in [0.1, 0.15) is 0 Å². The van der Waals surface area contributed by atoms with Crippen LogP contribution in [0.15, 0.2) is 65.2 Å². The van der Waals surface area contributed by atoms with Crippen LogP contribution in [0.5, 0.6) is 0 Å². The summed E-state index contributed by atoms with van der Waals surface area (Å²) in [6.45, 7) is 0.0107. The summed E-state index contributed by atoms with van der Waals surface area (Å²) in [4.78, 5) is 0.292. The number of hydrogen-bond donors (Lipinski definition) is 2. The Balaban J connectivity index is 1.70. The lowest BCUT2D eigenvalue weighted by atomic mass is 9.82. The van der Waals surface area contributed by atoms with Crippen LogP contribution in [0.1, 0.15) is 49.7 Å². The molecule has 2 N–H and O–H groups in total. The minimum atomic E-state index is -3.59. The fourth-order valence-corrected chi connectivity index (χ4v) is 5.66. The van der Waals surface area contributed by atoms with E-state index >= 15 is 0 Å². The number of rotatable bonds is 5. The van der Waals surface area contributed by atoms with Gasteiger partial charge in [-0.05, 0) is 59.9 Å². The largest absolute Gasteiger partial charge is 0.392 e. The van der Waals surface area contributed by atoms with E-state index < -0.39 is 10.0 Å². The van der Waals surface area contributed by atoms with Gasteiger partial charge in [0, 0.05) is 5.70 Å². The van der Waals surface area contributed by atoms with E-state index in [9.17, 15) is 13.5 Å². The average molecular weight is 384 g/mol. The van der Waals surface area contributed by atoms with E-state index in [0.717, 1.165) is 48.1 Å². The highest BCUT2D eigenvalue weighted by Gasteiger charge is 2.42. The normalized spacial score (nSPS) is 19.0. The van der Waals surface area contributed by atoms with Crippen molar-refractivity contribution in [2.45, 2.75) is 50.0 Å². The number of allylic oxidation sites excluding steroid dienone is 2. The molecular weight excluding hydrogens is 358 g/mol. The van der Waals surface area contributed by atoms with Gasteiger partial charge < -0.3 is 5.11 Å². The second-order valence-corrected chi connectivity index (χ2v) is 9.47. The summed E-state index contributed by atoms with van der Waals surface area (Å²) in [5.74, 6) is 0. The van der Waals surface area contributed by atoms with Gasteiger partial charge in [-0.3, -0.25) is 4.72 Å². The van der Waals surface area contributed by atoms with Gasteiger partial charge in [0.25, 0.3) is 10.0 Å². The highest BCUT2D eigenvalue weighted by Crippen LogP contribution is 2.54. The Morgan fingerprint density at radius 1 is 0.926 bits per heavy atom. The van der Waals surface area contributed by atoms with E-state index in [1.54, 1.807) is 24.3 Å². The standard InChI is InChI=1S/C22H25NO3S/c24-16-17-8-10-18(11-9-17)20-14-22(12-4-5-13-22)15-21(20)23-27(25,26)19-6-2-1-3-7-19/h1-3,6-11,23-24H,4-5,12-16H2. The zero-order chi connectivity index (χ0) is 18.9. The number of aliphatic hydroxyl groups excluding tert-OH is 1. The van der Waals surface area contributed by atoms with Crippen LogP contribution in [-0.4, -0.2) is 13.5 Å². The van der Waals surface area contributed by atoms with Crippen LogP contribution in [0.25, 0.3) is 5.57 Å².